The molecule has 88 valence electrons. The molecule has 0 fully saturated rings. The minimum Gasteiger partial charge on any atom is -0.358 e. The van der Waals surface area contributed by atoms with E-state index in [-0.39, 0.29) is 0 Å². The standard InChI is InChI=1S/C11H17N3S2/c1-14(2)11(16-4)13-8-9-6-5-7-12-10(9)15-3/h5-7H,8H2,1-4H3. The number of aliphatic imine (C=N–C) groups is 1. The van der Waals surface area contributed by atoms with E-state index >= 15 is 0 Å². The van der Waals surface area contributed by atoms with Crippen LogP contribution in [0.5, 0.6) is 0 Å². The fourth-order valence-corrected chi connectivity index (χ4v) is 2.39. The fourth-order valence-electron chi connectivity index (χ4n) is 1.27. The molecule has 0 spiro atoms. The predicted octanol–water partition coefficient (Wildman–Crippen LogP) is 2.58. The smallest absolute Gasteiger partial charge is 0.158 e. The predicted molar refractivity (Wildman–Crippen MR) is 74.4 cm³/mol. The maximum absolute atomic E-state index is 4.57. The van der Waals surface area contributed by atoms with Crippen molar-refractivity contribution in [2.75, 3.05) is 26.6 Å². The Hall–Kier alpha value is -0.680. The highest BCUT2D eigenvalue weighted by atomic mass is 32.2. The lowest BCUT2D eigenvalue weighted by Gasteiger charge is -2.13. The van der Waals surface area contributed by atoms with E-state index in [9.17, 15) is 0 Å². The second-order valence-electron chi connectivity index (χ2n) is 3.37. The molecule has 1 aromatic rings. The van der Waals surface area contributed by atoms with E-state index in [2.05, 4.69) is 16.0 Å². The van der Waals surface area contributed by atoms with Crippen molar-refractivity contribution < 1.29 is 0 Å². The molecule has 0 radical (unpaired) electrons. The summed E-state index contributed by atoms with van der Waals surface area (Å²) in [4.78, 5) is 10.9. The quantitative estimate of drug-likeness (QED) is 0.471. The van der Waals surface area contributed by atoms with E-state index < -0.39 is 0 Å². The fraction of sp³-hybridized carbons (Fsp3) is 0.455. The van der Waals surface area contributed by atoms with Gasteiger partial charge in [-0.15, -0.1) is 11.8 Å². The number of hydrogen-bond donors (Lipinski definition) is 0. The van der Waals surface area contributed by atoms with Crippen molar-refractivity contribution in [3.63, 3.8) is 0 Å². The summed E-state index contributed by atoms with van der Waals surface area (Å²) < 4.78 is 0. The van der Waals surface area contributed by atoms with Gasteiger partial charge in [0.05, 0.1) is 6.54 Å². The van der Waals surface area contributed by atoms with E-state index in [0.29, 0.717) is 6.54 Å². The van der Waals surface area contributed by atoms with Gasteiger partial charge in [0.25, 0.3) is 0 Å². The summed E-state index contributed by atoms with van der Waals surface area (Å²) in [7, 11) is 4.02. The summed E-state index contributed by atoms with van der Waals surface area (Å²) in [6, 6.07) is 4.04. The Labute approximate surface area is 106 Å². The van der Waals surface area contributed by atoms with Crippen molar-refractivity contribution in [1.82, 2.24) is 9.88 Å². The van der Waals surface area contributed by atoms with Gasteiger partial charge in [-0.3, -0.25) is 4.99 Å². The van der Waals surface area contributed by atoms with Crippen LogP contribution in [0.2, 0.25) is 0 Å². The maximum atomic E-state index is 4.57. The first kappa shape index (κ1) is 13.4. The van der Waals surface area contributed by atoms with Crippen LogP contribution in [0.15, 0.2) is 28.3 Å². The summed E-state index contributed by atoms with van der Waals surface area (Å²) >= 11 is 3.32. The van der Waals surface area contributed by atoms with Crippen LogP contribution in [0.25, 0.3) is 0 Å². The Bertz CT molecular complexity index is 364. The second kappa shape index (κ2) is 6.81. The van der Waals surface area contributed by atoms with Crippen LogP contribution < -0.4 is 0 Å². The monoisotopic (exact) mass is 255 g/mol. The summed E-state index contributed by atoms with van der Waals surface area (Å²) in [6.07, 6.45) is 5.90. The Morgan fingerprint density at radius 1 is 1.44 bits per heavy atom. The van der Waals surface area contributed by atoms with Gasteiger partial charge in [-0.1, -0.05) is 17.8 Å². The van der Waals surface area contributed by atoms with Crippen LogP contribution in [0.3, 0.4) is 0 Å². The molecule has 0 aromatic carbocycles. The molecule has 0 atom stereocenters. The first-order valence-electron chi connectivity index (χ1n) is 4.92. The third kappa shape index (κ3) is 3.72. The van der Waals surface area contributed by atoms with Crippen LogP contribution in [0.4, 0.5) is 0 Å². The summed E-state index contributed by atoms with van der Waals surface area (Å²) in [5.41, 5.74) is 1.18. The normalized spacial score (nSPS) is 11.6. The molecule has 1 aromatic heterocycles. The minimum atomic E-state index is 0.693. The summed E-state index contributed by atoms with van der Waals surface area (Å²) in [6.45, 7) is 0.693. The molecule has 16 heavy (non-hydrogen) atoms. The third-order valence-electron chi connectivity index (χ3n) is 1.99. The first-order chi connectivity index (χ1) is 7.69. The highest BCUT2D eigenvalue weighted by Gasteiger charge is 2.03. The van der Waals surface area contributed by atoms with E-state index in [1.54, 1.807) is 23.5 Å². The highest BCUT2D eigenvalue weighted by molar-refractivity contribution is 8.13. The highest BCUT2D eigenvalue weighted by Crippen LogP contribution is 2.18. The molecule has 0 saturated heterocycles. The minimum absolute atomic E-state index is 0.693. The molecule has 0 N–H and O–H groups in total. The zero-order chi connectivity index (χ0) is 12.0. The zero-order valence-electron chi connectivity index (χ0n) is 10.1. The van der Waals surface area contributed by atoms with Crippen LogP contribution >= 0.6 is 23.5 Å². The lowest BCUT2D eigenvalue weighted by molar-refractivity contribution is 0.631. The molecule has 1 heterocycles. The molecule has 5 heteroatoms. The van der Waals surface area contributed by atoms with Crippen molar-refractivity contribution in [3.8, 4) is 0 Å². The van der Waals surface area contributed by atoms with Gasteiger partial charge in [-0.05, 0) is 18.6 Å². The topological polar surface area (TPSA) is 28.5 Å². The maximum Gasteiger partial charge on any atom is 0.158 e. The van der Waals surface area contributed by atoms with Gasteiger partial charge in [0.1, 0.15) is 5.03 Å². The van der Waals surface area contributed by atoms with E-state index in [4.69, 9.17) is 0 Å². The van der Waals surface area contributed by atoms with Gasteiger partial charge in [-0.2, -0.15) is 0 Å². The van der Waals surface area contributed by atoms with Crippen LogP contribution in [0.1, 0.15) is 5.56 Å². The molecule has 0 saturated carbocycles. The number of hydrogen-bond acceptors (Lipinski definition) is 4. The molecule has 1 rings (SSSR count). The number of pyridine rings is 1. The van der Waals surface area contributed by atoms with E-state index in [1.165, 1.54) is 5.56 Å². The average Bonchev–Trinajstić information content (AvgIpc) is 2.30. The van der Waals surface area contributed by atoms with Crippen molar-refractivity contribution in [1.29, 1.82) is 0 Å². The first-order valence-corrected chi connectivity index (χ1v) is 7.37. The van der Waals surface area contributed by atoms with Gasteiger partial charge < -0.3 is 4.90 Å². The van der Waals surface area contributed by atoms with Crippen molar-refractivity contribution in [2.45, 2.75) is 11.6 Å². The number of thioether (sulfide) groups is 2. The zero-order valence-corrected chi connectivity index (χ0v) is 11.7. The molecule has 0 aliphatic carbocycles. The molecule has 0 aliphatic heterocycles. The van der Waals surface area contributed by atoms with Crippen molar-refractivity contribution in [2.24, 2.45) is 4.99 Å². The molecule has 0 amide bonds. The number of rotatable bonds is 3. The Morgan fingerprint density at radius 2 is 2.19 bits per heavy atom. The molecule has 3 nitrogen and oxygen atoms in total. The van der Waals surface area contributed by atoms with Crippen LogP contribution in [-0.2, 0) is 6.54 Å². The lowest BCUT2D eigenvalue weighted by atomic mass is 10.3. The summed E-state index contributed by atoms with van der Waals surface area (Å²) in [5.74, 6) is 0. The van der Waals surface area contributed by atoms with Gasteiger partial charge in [0.15, 0.2) is 5.17 Å². The van der Waals surface area contributed by atoms with E-state index in [1.807, 2.05) is 43.8 Å². The Morgan fingerprint density at radius 3 is 2.75 bits per heavy atom. The van der Waals surface area contributed by atoms with Crippen LogP contribution in [-0.4, -0.2) is 41.7 Å². The number of amidine groups is 1. The SMILES string of the molecule is CSC(=NCc1cccnc1SC)N(C)C. The van der Waals surface area contributed by atoms with Crippen molar-refractivity contribution in [3.05, 3.63) is 23.9 Å². The van der Waals surface area contributed by atoms with E-state index in [0.717, 1.165) is 10.2 Å². The number of nitrogens with zero attached hydrogens (tertiary/aromatic N) is 3. The number of aromatic nitrogens is 1. The molecule has 0 unspecified atom stereocenters. The van der Waals surface area contributed by atoms with Crippen LogP contribution in [0, 0.1) is 0 Å². The lowest BCUT2D eigenvalue weighted by Crippen LogP contribution is -2.18. The Balaban J connectivity index is 2.80. The Kier molecular flexibility index (Phi) is 5.69. The van der Waals surface area contributed by atoms with Gasteiger partial charge in [0, 0.05) is 25.9 Å². The molecular weight excluding hydrogens is 238 g/mol. The largest absolute Gasteiger partial charge is 0.358 e. The molecule has 0 aliphatic rings. The van der Waals surface area contributed by atoms with Crippen molar-refractivity contribution >= 4 is 28.7 Å². The molecular formula is C11H17N3S2. The second-order valence-corrected chi connectivity index (χ2v) is 4.94. The van der Waals surface area contributed by atoms with Gasteiger partial charge in [0.2, 0.25) is 0 Å². The average molecular weight is 255 g/mol. The van der Waals surface area contributed by atoms with Gasteiger partial charge >= 0.3 is 0 Å². The van der Waals surface area contributed by atoms with Gasteiger partial charge in [-0.25, -0.2) is 4.98 Å². The molecule has 0 bridgehead atoms. The summed E-state index contributed by atoms with van der Waals surface area (Å²) in [5, 5.41) is 2.10. The third-order valence-corrected chi connectivity index (χ3v) is 3.61.